The van der Waals surface area contributed by atoms with Crippen LogP contribution in [0.25, 0.3) is 0 Å². The molecule has 0 saturated heterocycles. The Hall–Kier alpha value is -1.76. The predicted octanol–water partition coefficient (Wildman–Crippen LogP) is 2.86. The van der Waals surface area contributed by atoms with E-state index in [9.17, 15) is 22.8 Å². The van der Waals surface area contributed by atoms with E-state index in [1.807, 2.05) is 0 Å². The summed E-state index contributed by atoms with van der Waals surface area (Å²) in [5, 5.41) is 1.48. The quantitative estimate of drug-likeness (QED) is 0.674. The van der Waals surface area contributed by atoms with E-state index in [0.717, 1.165) is 18.2 Å². The number of para-hydroxylation sites is 1. The Labute approximate surface area is 111 Å². The van der Waals surface area contributed by atoms with Crippen LogP contribution in [-0.2, 0) is 20.5 Å². The number of esters is 1. The molecule has 0 fully saturated rings. The number of halogens is 4. The summed E-state index contributed by atoms with van der Waals surface area (Å²) in [7, 11) is 0. The fraction of sp³-hybridized carbons (Fsp3) is 0.273. The second-order valence-corrected chi connectivity index (χ2v) is 3.74. The van der Waals surface area contributed by atoms with Gasteiger partial charge in [-0.3, -0.25) is 4.79 Å². The van der Waals surface area contributed by atoms with E-state index in [1.54, 1.807) is 5.32 Å². The van der Waals surface area contributed by atoms with Gasteiger partial charge in [0.2, 0.25) is 0 Å². The van der Waals surface area contributed by atoms with E-state index in [2.05, 4.69) is 4.74 Å². The number of nitrogens with one attached hydrogen (secondary N) is 1. The van der Waals surface area contributed by atoms with Gasteiger partial charge in [-0.1, -0.05) is 17.7 Å². The molecule has 1 rings (SSSR count). The zero-order valence-corrected chi connectivity index (χ0v) is 10.4. The van der Waals surface area contributed by atoms with Gasteiger partial charge < -0.3 is 10.1 Å². The predicted molar refractivity (Wildman–Crippen MR) is 61.7 cm³/mol. The maximum atomic E-state index is 12.7. The average molecular weight is 296 g/mol. The summed E-state index contributed by atoms with van der Waals surface area (Å²) in [5.74, 6) is -2.60. The molecule has 104 valence electrons. The molecule has 0 bridgehead atoms. The van der Waals surface area contributed by atoms with Gasteiger partial charge in [-0.15, -0.1) is 0 Å². The minimum absolute atomic E-state index is 0.0685. The fourth-order valence-electron chi connectivity index (χ4n) is 1.25. The second-order valence-electron chi connectivity index (χ2n) is 3.33. The SMILES string of the molecule is CCOC(=O)C(=O)Nc1c(Cl)cccc1C(F)(F)F. The number of amides is 1. The molecule has 1 aromatic carbocycles. The minimum Gasteiger partial charge on any atom is -0.459 e. The number of alkyl halides is 3. The number of anilines is 1. The molecule has 0 saturated carbocycles. The first-order chi connectivity index (χ1) is 8.77. The summed E-state index contributed by atoms with van der Waals surface area (Å²) >= 11 is 5.59. The normalized spacial score (nSPS) is 11.0. The number of hydrogen-bond acceptors (Lipinski definition) is 3. The molecule has 0 atom stereocenters. The van der Waals surface area contributed by atoms with Crippen LogP contribution >= 0.6 is 11.6 Å². The van der Waals surface area contributed by atoms with Crippen molar-refractivity contribution >= 4 is 29.2 Å². The molecule has 1 amide bonds. The smallest absolute Gasteiger partial charge is 0.418 e. The number of benzene rings is 1. The van der Waals surface area contributed by atoms with Crippen LogP contribution in [0.5, 0.6) is 0 Å². The third kappa shape index (κ3) is 3.85. The van der Waals surface area contributed by atoms with E-state index in [1.165, 1.54) is 6.92 Å². The molecule has 0 aliphatic carbocycles. The Morgan fingerprint density at radius 2 is 2.00 bits per heavy atom. The van der Waals surface area contributed by atoms with Crippen LogP contribution in [0.4, 0.5) is 18.9 Å². The highest BCUT2D eigenvalue weighted by atomic mass is 35.5. The number of ether oxygens (including phenoxy) is 1. The van der Waals surface area contributed by atoms with Crippen LogP contribution in [0.15, 0.2) is 18.2 Å². The van der Waals surface area contributed by atoms with E-state index >= 15 is 0 Å². The molecule has 1 N–H and O–H groups in total. The van der Waals surface area contributed by atoms with Crippen LogP contribution < -0.4 is 5.32 Å². The largest absolute Gasteiger partial charge is 0.459 e. The first-order valence-electron chi connectivity index (χ1n) is 5.11. The summed E-state index contributed by atoms with van der Waals surface area (Å²) in [6.45, 7) is 1.39. The lowest BCUT2D eigenvalue weighted by atomic mass is 10.1. The summed E-state index contributed by atoms with van der Waals surface area (Å²) < 4.78 is 42.5. The van der Waals surface area contributed by atoms with Crippen molar-refractivity contribution in [1.29, 1.82) is 0 Å². The Bertz CT molecular complexity index is 502. The van der Waals surface area contributed by atoms with E-state index in [0.29, 0.717) is 0 Å². The number of hydrogen-bond donors (Lipinski definition) is 1. The van der Waals surface area contributed by atoms with Crippen molar-refractivity contribution in [3.05, 3.63) is 28.8 Å². The lowest BCUT2D eigenvalue weighted by molar-refractivity contribution is -0.152. The van der Waals surface area contributed by atoms with Gasteiger partial charge in [0.05, 0.1) is 22.9 Å². The Morgan fingerprint density at radius 1 is 1.37 bits per heavy atom. The minimum atomic E-state index is -4.71. The lowest BCUT2D eigenvalue weighted by Crippen LogP contribution is -2.26. The molecule has 0 unspecified atom stereocenters. The molecule has 1 aromatic rings. The van der Waals surface area contributed by atoms with Crippen LogP contribution in [0, 0.1) is 0 Å². The molecular weight excluding hydrogens is 287 g/mol. The first kappa shape index (κ1) is 15.3. The molecule has 0 aliphatic rings. The van der Waals surface area contributed by atoms with Gasteiger partial charge in [-0.25, -0.2) is 4.79 Å². The Morgan fingerprint density at radius 3 is 2.53 bits per heavy atom. The molecule has 0 heterocycles. The van der Waals surface area contributed by atoms with Crippen LogP contribution in [0.3, 0.4) is 0 Å². The number of carbonyl (C=O) groups excluding carboxylic acids is 2. The third-order valence-corrected chi connectivity index (χ3v) is 2.33. The van der Waals surface area contributed by atoms with Crippen molar-refractivity contribution in [2.45, 2.75) is 13.1 Å². The maximum Gasteiger partial charge on any atom is 0.418 e. The Balaban J connectivity index is 3.07. The molecule has 0 spiro atoms. The summed E-state index contributed by atoms with van der Waals surface area (Å²) in [6.07, 6.45) is -4.71. The Kier molecular flexibility index (Phi) is 4.77. The van der Waals surface area contributed by atoms with Crippen molar-refractivity contribution in [3.8, 4) is 0 Å². The lowest BCUT2D eigenvalue weighted by Gasteiger charge is -2.14. The molecule has 0 aliphatic heterocycles. The molecule has 0 radical (unpaired) electrons. The van der Waals surface area contributed by atoms with Gasteiger partial charge in [0, 0.05) is 0 Å². The topological polar surface area (TPSA) is 55.4 Å². The summed E-state index contributed by atoms with van der Waals surface area (Å²) in [5.41, 5.74) is -1.81. The van der Waals surface area contributed by atoms with Crippen molar-refractivity contribution in [1.82, 2.24) is 0 Å². The highest BCUT2D eigenvalue weighted by Gasteiger charge is 2.35. The van der Waals surface area contributed by atoms with Crippen LogP contribution in [0.2, 0.25) is 5.02 Å². The first-order valence-corrected chi connectivity index (χ1v) is 5.49. The molecule has 8 heteroatoms. The standard InChI is InChI=1S/C11H9ClF3NO3/c1-2-19-10(18)9(17)16-8-6(11(13,14)15)4-3-5-7(8)12/h3-5H,2H2,1H3,(H,16,17). The van der Waals surface area contributed by atoms with Gasteiger partial charge in [0.25, 0.3) is 0 Å². The average Bonchev–Trinajstić information content (AvgIpc) is 2.30. The van der Waals surface area contributed by atoms with Crippen molar-refractivity contribution in [2.75, 3.05) is 11.9 Å². The van der Waals surface area contributed by atoms with Gasteiger partial charge in [0.1, 0.15) is 0 Å². The summed E-state index contributed by atoms with van der Waals surface area (Å²) in [6, 6.07) is 3.00. The van der Waals surface area contributed by atoms with Crippen LogP contribution in [0.1, 0.15) is 12.5 Å². The molecular formula is C11H9ClF3NO3. The van der Waals surface area contributed by atoms with Crippen molar-refractivity contribution in [2.24, 2.45) is 0 Å². The fourth-order valence-corrected chi connectivity index (χ4v) is 1.47. The second kappa shape index (κ2) is 5.92. The number of carbonyl (C=O) groups is 2. The van der Waals surface area contributed by atoms with E-state index in [-0.39, 0.29) is 11.6 Å². The van der Waals surface area contributed by atoms with Gasteiger partial charge in [0.15, 0.2) is 0 Å². The van der Waals surface area contributed by atoms with E-state index in [4.69, 9.17) is 11.6 Å². The molecule has 4 nitrogen and oxygen atoms in total. The third-order valence-electron chi connectivity index (χ3n) is 2.02. The van der Waals surface area contributed by atoms with Gasteiger partial charge >= 0.3 is 18.1 Å². The van der Waals surface area contributed by atoms with Crippen LogP contribution in [-0.4, -0.2) is 18.5 Å². The zero-order valence-electron chi connectivity index (χ0n) is 9.68. The molecule has 19 heavy (non-hydrogen) atoms. The maximum absolute atomic E-state index is 12.7. The molecule has 0 aromatic heterocycles. The highest BCUT2D eigenvalue weighted by molar-refractivity contribution is 6.40. The monoisotopic (exact) mass is 295 g/mol. The van der Waals surface area contributed by atoms with Gasteiger partial charge in [-0.2, -0.15) is 13.2 Å². The van der Waals surface area contributed by atoms with Crippen molar-refractivity contribution < 1.29 is 27.5 Å². The zero-order chi connectivity index (χ0) is 14.6. The number of rotatable bonds is 2. The summed E-state index contributed by atoms with van der Waals surface area (Å²) in [4.78, 5) is 22.4. The van der Waals surface area contributed by atoms with E-state index < -0.39 is 29.3 Å². The van der Waals surface area contributed by atoms with Gasteiger partial charge in [-0.05, 0) is 19.1 Å². The highest BCUT2D eigenvalue weighted by Crippen LogP contribution is 2.38. The van der Waals surface area contributed by atoms with Crippen molar-refractivity contribution in [3.63, 3.8) is 0 Å².